The SMILES string of the molecule is CC.Cc1snc(-c2ccccc2)c1CSCC(C)OC(C)C. The van der Waals surface area contributed by atoms with Gasteiger partial charge in [0.1, 0.15) is 0 Å². The van der Waals surface area contributed by atoms with E-state index in [9.17, 15) is 0 Å². The molecule has 1 heterocycles. The molecule has 0 saturated carbocycles. The molecule has 2 rings (SSSR count). The average Bonchev–Trinajstić information content (AvgIpc) is 2.91. The van der Waals surface area contributed by atoms with Gasteiger partial charge in [-0.2, -0.15) is 16.1 Å². The van der Waals surface area contributed by atoms with Crippen LogP contribution in [0.4, 0.5) is 0 Å². The van der Waals surface area contributed by atoms with E-state index in [0.717, 1.165) is 17.2 Å². The first-order valence-electron chi connectivity index (χ1n) is 8.31. The molecule has 2 nitrogen and oxygen atoms in total. The van der Waals surface area contributed by atoms with Gasteiger partial charge in [0.2, 0.25) is 0 Å². The van der Waals surface area contributed by atoms with Crippen LogP contribution in [0, 0.1) is 6.92 Å². The minimum Gasteiger partial charge on any atom is -0.375 e. The maximum Gasteiger partial charge on any atom is 0.0883 e. The standard InChI is InChI=1S/C17H23NOS2.C2H6/c1-12(2)19-13(3)10-20-11-16-14(4)21-18-17(16)15-8-6-5-7-9-15;1-2/h5-9,12-13H,10-11H2,1-4H3;1-2H3. The summed E-state index contributed by atoms with van der Waals surface area (Å²) in [6, 6.07) is 10.4. The third-order valence-corrected chi connectivity index (χ3v) is 5.13. The average molecular weight is 352 g/mol. The highest BCUT2D eigenvalue weighted by Crippen LogP contribution is 2.31. The Morgan fingerprint density at radius 2 is 1.78 bits per heavy atom. The van der Waals surface area contributed by atoms with Crippen molar-refractivity contribution in [1.29, 1.82) is 0 Å². The van der Waals surface area contributed by atoms with Crippen LogP contribution in [-0.2, 0) is 10.5 Å². The minimum absolute atomic E-state index is 0.294. The van der Waals surface area contributed by atoms with E-state index in [-0.39, 0.29) is 0 Å². The molecule has 0 aliphatic rings. The molecule has 0 bridgehead atoms. The summed E-state index contributed by atoms with van der Waals surface area (Å²) in [5.74, 6) is 2.01. The van der Waals surface area contributed by atoms with E-state index in [1.807, 2.05) is 31.7 Å². The normalized spacial score (nSPS) is 12.0. The lowest BCUT2D eigenvalue weighted by atomic mass is 10.1. The lowest BCUT2D eigenvalue weighted by Gasteiger charge is -2.15. The van der Waals surface area contributed by atoms with Crippen molar-refractivity contribution in [3.63, 3.8) is 0 Å². The highest BCUT2D eigenvalue weighted by molar-refractivity contribution is 7.98. The molecule has 0 saturated heterocycles. The van der Waals surface area contributed by atoms with Crippen molar-refractivity contribution in [1.82, 2.24) is 4.37 Å². The predicted molar refractivity (Wildman–Crippen MR) is 105 cm³/mol. The van der Waals surface area contributed by atoms with Crippen molar-refractivity contribution in [3.8, 4) is 11.3 Å². The Hall–Kier alpha value is -0.840. The summed E-state index contributed by atoms with van der Waals surface area (Å²) in [4.78, 5) is 1.32. The Labute approximate surface area is 149 Å². The molecule has 1 atom stereocenters. The Balaban J connectivity index is 0.00000127. The number of rotatable bonds is 7. The molecule has 1 aromatic heterocycles. The minimum atomic E-state index is 0.294. The molecule has 23 heavy (non-hydrogen) atoms. The van der Waals surface area contributed by atoms with Crippen LogP contribution in [0.2, 0.25) is 0 Å². The number of aryl methyl sites for hydroxylation is 1. The summed E-state index contributed by atoms with van der Waals surface area (Å²) in [5, 5.41) is 0. The maximum atomic E-state index is 5.78. The summed E-state index contributed by atoms with van der Waals surface area (Å²) in [6.07, 6.45) is 0.590. The third-order valence-electron chi connectivity index (χ3n) is 3.14. The topological polar surface area (TPSA) is 22.1 Å². The van der Waals surface area contributed by atoms with E-state index < -0.39 is 0 Å². The van der Waals surface area contributed by atoms with Gasteiger partial charge in [-0.1, -0.05) is 44.2 Å². The van der Waals surface area contributed by atoms with Gasteiger partial charge in [-0.05, 0) is 39.2 Å². The zero-order valence-electron chi connectivity index (χ0n) is 15.1. The molecule has 0 spiro atoms. The van der Waals surface area contributed by atoms with Crippen molar-refractivity contribution in [2.75, 3.05) is 5.75 Å². The summed E-state index contributed by atoms with van der Waals surface area (Å²) < 4.78 is 10.4. The first-order chi connectivity index (χ1) is 11.1. The Morgan fingerprint density at radius 3 is 2.39 bits per heavy atom. The molecular formula is C19H29NOS2. The Morgan fingerprint density at radius 1 is 1.13 bits per heavy atom. The predicted octanol–water partition coefficient (Wildman–Crippen LogP) is 6.19. The number of aromatic nitrogens is 1. The van der Waals surface area contributed by atoms with Gasteiger partial charge in [0.15, 0.2) is 0 Å². The zero-order chi connectivity index (χ0) is 17.2. The lowest BCUT2D eigenvalue weighted by molar-refractivity contribution is 0.0327. The summed E-state index contributed by atoms with van der Waals surface area (Å²) in [5.41, 5.74) is 3.72. The molecular weight excluding hydrogens is 322 g/mol. The van der Waals surface area contributed by atoms with Gasteiger partial charge in [0.25, 0.3) is 0 Å². The zero-order valence-corrected chi connectivity index (χ0v) is 16.8. The van der Waals surface area contributed by atoms with Gasteiger partial charge >= 0.3 is 0 Å². The smallest absolute Gasteiger partial charge is 0.0883 e. The molecule has 1 aromatic carbocycles. The fourth-order valence-electron chi connectivity index (χ4n) is 2.21. The quantitative estimate of drug-likeness (QED) is 0.593. The van der Waals surface area contributed by atoms with Gasteiger partial charge in [-0.3, -0.25) is 0 Å². The number of thioether (sulfide) groups is 1. The van der Waals surface area contributed by atoms with Gasteiger partial charge < -0.3 is 4.74 Å². The lowest BCUT2D eigenvalue weighted by Crippen LogP contribution is -2.16. The summed E-state index contributed by atoms with van der Waals surface area (Å²) >= 11 is 3.53. The van der Waals surface area contributed by atoms with Gasteiger partial charge in [0, 0.05) is 27.5 Å². The van der Waals surface area contributed by atoms with E-state index in [0.29, 0.717) is 12.2 Å². The summed E-state index contributed by atoms with van der Waals surface area (Å²) in [7, 11) is 0. The second-order valence-corrected chi connectivity index (χ2v) is 7.45. The highest BCUT2D eigenvalue weighted by Gasteiger charge is 2.13. The van der Waals surface area contributed by atoms with Gasteiger partial charge in [-0.15, -0.1) is 0 Å². The van der Waals surface area contributed by atoms with Crippen molar-refractivity contribution in [2.45, 2.75) is 59.5 Å². The maximum absolute atomic E-state index is 5.78. The molecule has 1 unspecified atom stereocenters. The number of nitrogens with zero attached hydrogens (tertiary/aromatic N) is 1. The van der Waals surface area contributed by atoms with Crippen LogP contribution < -0.4 is 0 Å². The van der Waals surface area contributed by atoms with Crippen LogP contribution in [0.1, 0.15) is 45.1 Å². The van der Waals surface area contributed by atoms with E-state index in [2.05, 4.69) is 56.3 Å². The van der Waals surface area contributed by atoms with E-state index in [1.165, 1.54) is 16.0 Å². The van der Waals surface area contributed by atoms with Crippen LogP contribution in [0.3, 0.4) is 0 Å². The Bertz CT molecular complexity index is 552. The monoisotopic (exact) mass is 351 g/mol. The fourth-order valence-corrected chi connectivity index (χ4v) is 4.11. The first-order valence-corrected chi connectivity index (χ1v) is 10.2. The molecule has 4 heteroatoms. The van der Waals surface area contributed by atoms with Gasteiger partial charge in [0.05, 0.1) is 17.9 Å². The number of hydrogen-bond acceptors (Lipinski definition) is 4. The van der Waals surface area contributed by atoms with Crippen molar-refractivity contribution in [2.24, 2.45) is 0 Å². The summed E-state index contributed by atoms with van der Waals surface area (Å²) in [6.45, 7) is 12.5. The van der Waals surface area contributed by atoms with E-state index in [1.54, 1.807) is 11.5 Å². The van der Waals surface area contributed by atoms with Crippen molar-refractivity contribution in [3.05, 3.63) is 40.8 Å². The van der Waals surface area contributed by atoms with Crippen LogP contribution in [0.25, 0.3) is 11.3 Å². The number of ether oxygens (including phenoxy) is 1. The van der Waals surface area contributed by atoms with Crippen LogP contribution in [0.5, 0.6) is 0 Å². The van der Waals surface area contributed by atoms with E-state index >= 15 is 0 Å². The molecule has 0 N–H and O–H groups in total. The first kappa shape index (κ1) is 20.2. The highest BCUT2D eigenvalue weighted by atomic mass is 32.2. The molecule has 0 aliphatic heterocycles. The number of benzene rings is 1. The Kier molecular flexibility index (Phi) is 9.53. The van der Waals surface area contributed by atoms with Gasteiger partial charge in [-0.25, -0.2) is 0 Å². The number of hydrogen-bond donors (Lipinski definition) is 0. The van der Waals surface area contributed by atoms with E-state index in [4.69, 9.17) is 4.74 Å². The second kappa shape index (κ2) is 10.8. The molecule has 0 aliphatic carbocycles. The fraction of sp³-hybridized carbons (Fsp3) is 0.526. The molecule has 2 aromatic rings. The van der Waals surface area contributed by atoms with Crippen LogP contribution in [-0.4, -0.2) is 22.3 Å². The molecule has 0 fully saturated rings. The van der Waals surface area contributed by atoms with Crippen molar-refractivity contribution >= 4 is 23.3 Å². The molecule has 128 valence electrons. The molecule has 0 amide bonds. The second-order valence-electron chi connectivity index (χ2n) is 5.44. The van der Waals surface area contributed by atoms with Crippen LogP contribution in [0.15, 0.2) is 30.3 Å². The third kappa shape index (κ3) is 6.66. The van der Waals surface area contributed by atoms with Crippen molar-refractivity contribution < 1.29 is 4.74 Å². The molecule has 0 radical (unpaired) electrons. The largest absolute Gasteiger partial charge is 0.375 e. The van der Waals surface area contributed by atoms with Crippen LogP contribution >= 0.6 is 23.3 Å².